The molecule has 1 unspecified atom stereocenters. The Kier molecular flexibility index (Phi) is 6.76. The van der Waals surface area contributed by atoms with Crippen molar-refractivity contribution in [2.24, 2.45) is 5.92 Å². The average Bonchev–Trinajstić information content (AvgIpc) is 3.31. The molecule has 1 fully saturated rings. The number of amides is 1. The molecule has 4 heterocycles. The van der Waals surface area contributed by atoms with Crippen LogP contribution in [0.4, 0.5) is 0 Å². The van der Waals surface area contributed by atoms with Gasteiger partial charge in [-0.25, -0.2) is 4.68 Å². The minimum atomic E-state index is 0.0800. The van der Waals surface area contributed by atoms with E-state index in [9.17, 15) is 4.79 Å². The molecule has 1 amide bonds. The molecule has 8 nitrogen and oxygen atoms in total. The molecule has 8 heteroatoms. The van der Waals surface area contributed by atoms with E-state index in [1.54, 1.807) is 4.68 Å². The van der Waals surface area contributed by atoms with Crippen LogP contribution >= 0.6 is 0 Å². The van der Waals surface area contributed by atoms with Gasteiger partial charge in [-0.2, -0.15) is 0 Å². The second kappa shape index (κ2) is 10.3. The van der Waals surface area contributed by atoms with E-state index in [0.29, 0.717) is 37.0 Å². The van der Waals surface area contributed by atoms with Gasteiger partial charge >= 0.3 is 0 Å². The number of fused-ring (bicyclic) bond motifs is 7. The van der Waals surface area contributed by atoms with Crippen LogP contribution in [0.15, 0.2) is 54.7 Å². The molecule has 3 aromatic rings. The van der Waals surface area contributed by atoms with Crippen LogP contribution in [0.25, 0.3) is 0 Å². The summed E-state index contributed by atoms with van der Waals surface area (Å²) in [6.07, 6.45) is 4.05. The third kappa shape index (κ3) is 5.56. The standard InChI is InChI=1S/C26H31N5O3/c1-29-15-20-7-9-24(10-8-20)34-19-23-18-31(28-27-23)12-13-33-25-6-2-5-22(14-25)26(32)30-11-3-4-21(16-29)17-30/h2,5-10,14,18,21H,3-4,11-13,15-17,19H2,1H3. The molecule has 3 aliphatic heterocycles. The number of rotatable bonds is 0. The number of carbonyl (C=O) groups is 1. The lowest BCUT2D eigenvalue weighted by molar-refractivity contribution is 0.0646. The lowest BCUT2D eigenvalue weighted by atomic mass is 9.96. The van der Waals surface area contributed by atoms with Gasteiger partial charge in [-0.05, 0) is 61.7 Å². The number of piperidine rings is 1. The first-order valence-electron chi connectivity index (χ1n) is 11.9. The Bertz CT molecular complexity index is 1110. The van der Waals surface area contributed by atoms with Crippen molar-refractivity contribution in [1.29, 1.82) is 0 Å². The molecule has 8 bridgehead atoms. The van der Waals surface area contributed by atoms with Crippen molar-refractivity contribution in [3.63, 3.8) is 0 Å². The van der Waals surface area contributed by atoms with E-state index in [2.05, 4.69) is 34.4 Å². The van der Waals surface area contributed by atoms with Gasteiger partial charge in [0, 0.05) is 31.7 Å². The molecule has 0 N–H and O–H groups in total. The van der Waals surface area contributed by atoms with E-state index in [1.165, 1.54) is 5.56 Å². The molecule has 0 spiro atoms. The fraction of sp³-hybridized carbons (Fsp3) is 0.423. The lowest BCUT2D eigenvalue weighted by Gasteiger charge is -2.35. The van der Waals surface area contributed by atoms with Crippen molar-refractivity contribution in [2.75, 3.05) is 33.3 Å². The van der Waals surface area contributed by atoms with Gasteiger partial charge in [-0.1, -0.05) is 23.4 Å². The molecule has 0 aliphatic carbocycles. The maximum absolute atomic E-state index is 13.2. The summed E-state index contributed by atoms with van der Waals surface area (Å²) in [4.78, 5) is 17.6. The first kappa shape index (κ1) is 22.4. The van der Waals surface area contributed by atoms with Crippen molar-refractivity contribution < 1.29 is 14.3 Å². The number of benzene rings is 2. The summed E-state index contributed by atoms with van der Waals surface area (Å²) in [5.74, 6) is 2.05. The van der Waals surface area contributed by atoms with Crippen molar-refractivity contribution in [2.45, 2.75) is 32.5 Å². The Morgan fingerprint density at radius 1 is 1.00 bits per heavy atom. The van der Waals surface area contributed by atoms with Gasteiger partial charge < -0.3 is 19.3 Å². The van der Waals surface area contributed by atoms with Crippen LogP contribution in [0, 0.1) is 5.92 Å². The Labute approximate surface area is 200 Å². The SMILES string of the molecule is CN1Cc2ccc(cc2)OCc2cn(nn2)CCOc2cccc(c2)C(=O)N2CCCC(C1)C2. The fourth-order valence-electron chi connectivity index (χ4n) is 4.74. The molecular formula is C26H31N5O3. The number of ether oxygens (including phenoxy) is 2. The zero-order valence-electron chi connectivity index (χ0n) is 19.6. The number of carbonyl (C=O) groups excluding carboxylic acids is 1. The molecule has 6 rings (SSSR count). The molecule has 178 valence electrons. The normalized spacial score (nSPS) is 20.1. The number of nitrogens with zero attached hydrogens (tertiary/aromatic N) is 5. The lowest BCUT2D eigenvalue weighted by Crippen LogP contribution is -2.43. The van der Waals surface area contributed by atoms with Crippen molar-refractivity contribution in [3.8, 4) is 11.5 Å². The van der Waals surface area contributed by atoms with Gasteiger partial charge in [-0.15, -0.1) is 5.10 Å². The summed E-state index contributed by atoms with van der Waals surface area (Å²) < 4.78 is 13.5. The number of hydrogen-bond acceptors (Lipinski definition) is 6. The van der Waals surface area contributed by atoms with E-state index >= 15 is 0 Å². The van der Waals surface area contributed by atoms with Crippen LogP contribution in [0.5, 0.6) is 11.5 Å². The highest BCUT2D eigenvalue weighted by Crippen LogP contribution is 2.22. The molecule has 2 aromatic carbocycles. The highest BCUT2D eigenvalue weighted by molar-refractivity contribution is 5.94. The van der Waals surface area contributed by atoms with Crippen LogP contribution in [-0.4, -0.2) is 64.0 Å². The predicted octanol–water partition coefficient (Wildman–Crippen LogP) is 3.23. The zero-order chi connectivity index (χ0) is 23.3. The quantitative estimate of drug-likeness (QED) is 0.512. The van der Waals surface area contributed by atoms with E-state index in [1.807, 2.05) is 47.5 Å². The van der Waals surface area contributed by atoms with Crippen molar-refractivity contribution in [1.82, 2.24) is 24.8 Å². The van der Waals surface area contributed by atoms with Crippen LogP contribution in [-0.2, 0) is 19.7 Å². The van der Waals surface area contributed by atoms with Gasteiger partial charge in [0.2, 0.25) is 0 Å². The molecule has 3 aliphatic rings. The van der Waals surface area contributed by atoms with Gasteiger partial charge in [0.1, 0.15) is 30.4 Å². The van der Waals surface area contributed by atoms with Gasteiger partial charge in [-0.3, -0.25) is 4.79 Å². The predicted molar refractivity (Wildman–Crippen MR) is 128 cm³/mol. The van der Waals surface area contributed by atoms with Crippen LogP contribution in [0.2, 0.25) is 0 Å². The second-order valence-corrected chi connectivity index (χ2v) is 9.24. The van der Waals surface area contributed by atoms with Gasteiger partial charge in [0.05, 0.1) is 12.7 Å². The summed E-state index contributed by atoms with van der Waals surface area (Å²) in [5.41, 5.74) is 2.68. The van der Waals surface area contributed by atoms with Crippen molar-refractivity contribution in [3.05, 3.63) is 71.5 Å². The molecule has 0 saturated carbocycles. The Morgan fingerprint density at radius 2 is 1.88 bits per heavy atom. The zero-order valence-corrected chi connectivity index (χ0v) is 19.6. The van der Waals surface area contributed by atoms with E-state index in [0.717, 1.165) is 50.5 Å². The van der Waals surface area contributed by atoms with Gasteiger partial charge in [0.25, 0.3) is 5.91 Å². The summed E-state index contributed by atoms with van der Waals surface area (Å²) >= 11 is 0. The second-order valence-electron chi connectivity index (χ2n) is 9.24. The monoisotopic (exact) mass is 461 g/mol. The maximum atomic E-state index is 13.2. The third-order valence-electron chi connectivity index (χ3n) is 6.39. The molecule has 1 atom stereocenters. The molecule has 0 radical (unpaired) electrons. The highest BCUT2D eigenvalue weighted by atomic mass is 16.5. The van der Waals surface area contributed by atoms with Crippen molar-refractivity contribution >= 4 is 5.91 Å². The summed E-state index contributed by atoms with van der Waals surface area (Å²) in [5, 5.41) is 8.34. The van der Waals surface area contributed by atoms with Crippen LogP contribution in [0.1, 0.15) is 34.5 Å². The Hall–Kier alpha value is -3.39. The van der Waals surface area contributed by atoms with E-state index in [4.69, 9.17) is 9.47 Å². The smallest absolute Gasteiger partial charge is 0.253 e. The van der Waals surface area contributed by atoms with Gasteiger partial charge in [0.15, 0.2) is 0 Å². The largest absolute Gasteiger partial charge is 0.492 e. The van der Waals surface area contributed by atoms with E-state index < -0.39 is 0 Å². The minimum Gasteiger partial charge on any atom is -0.492 e. The van der Waals surface area contributed by atoms with Crippen LogP contribution in [0.3, 0.4) is 0 Å². The first-order chi connectivity index (χ1) is 16.6. The van der Waals surface area contributed by atoms with Crippen LogP contribution < -0.4 is 9.47 Å². The Balaban J connectivity index is 1.35. The number of hydrogen-bond donors (Lipinski definition) is 0. The summed E-state index contributed by atoms with van der Waals surface area (Å²) in [6.45, 7) is 4.76. The summed E-state index contributed by atoms with van der Waals surface area (Å²) in [7, 11) is 2.15. The van der Waals surface area contributed by atoms with E-state index in [-0.39, 0.29) is 5.91 Å². The summed E-state index contributed by atoms with van der Waals surface area (Å²) in [6, 6.07) is 15.7. The molecule has 1 aromatic heterocycles. The number of aromatic nitrogens is 3. The fourth-order valence-corrected chi connectivity index (χ4v) is 4.74. The topological polar surface area (TPSA) is 72.7 Å². The highest BCUT2D eigenvalue weighted by Gasteiger charge is 2.25. The maximum Gasteiger partial charge on any atom is 0.253 e. The Morgan fingerprint density at radius 3 is 2.76 bits per heavy atom. The molecule has 34 heavy (non-hydrogen) atoms. The molecular weight excluding hydrogens is 430 g/mol. The first-order valence-corrected chi connectivity index (χ1v) is 11.9. The average molecular weight is 462 g/mol. The molecule has 1 saturated heterocycles. The third-order valence-corrected chi connectivity index (χ3v) is 6.39. The minimum absolute atomic E-state index is 0.0800.